The van der Waals surface area contributed by atoms with Gasteiger partial charge in [0, 0.05) is 24.8 Å². The first-order chi connectivity index (χ1) is 13.6. The first-order valence-electron chi connectivity index (χ1n) is 10.5. The third kappa shape index (κ3) is 4.84. The van der Waals surface area contributed by atoms with Gasteiger partial charge in [-0.1, -0.05) is 49.2 Å². The molecule has 158 valence electrons. The lowest BCUT2D eigenvalue weighted by Crippen LogP contribution is -2.48. The van der Waals surface area contributed by atoms with E-state index in [2.05, 4.69) is 48.6 Å². The minimum Gasteiger partial charge on any atom is -0.370 e. The summed E-state index contributed by atoms with van der Waals surface area (Å²) in [5, 5.41) is 0. The highest BCUT2D eigenvalue weighted by molar-refractivity contribution is 7.89. The molecule has 4 nitrogen and oxygen atoms in total. The number of nitrogens with one attached hydrogen (secondary N) is 1. The van der Waals surface area contributed by atoms with Crippen molar-refractivity contribution in [3.63, 3.8) is 0 Å². The minimum atomic E-state index is -3.59. The van der Waals surface area contributed by atoms with Gasteiger partial charge in [-0.15, -0.1) is 0 Å². The predicted octanol–water partition coefficient (Wildman–Crippen LogP) is 4.68. The van der Waals surface area contributed by atoms with Crippen LogP contribution in [0.1, 0.15) is 48.1 Å². The number of anilines is 1. The summed E-state index contributed by atoms with van der Waals surface area (Å²) in [5.74, 6) is 0.187. The number of hydrogen-bond donors (Lipinski definition) is 1. The van der Waals surface area contributed by atoms with Crippen LogP contribution in [0.4, 0.5) is 5.69 Å². The maximum atomic E-state index is 13.3. The predicted molar refractivity (Wildman–Crippen MR) is 121 cm³/mol. The quantitative estimate of drug-likeness (QED) is 0.747. The highest BCUT2D eigenvalue weighted by Crippen LogP contribution is 2.29. The molecular weight excluding hydrogens is 380 g/mol. The van der Waals surface area contributed by atoms with E-state index in [1.54, 1.807) is 0 Å². The smallest absolute Gasteiger partial charge is 0.241 e. The van der Waals surface area contributed by atoms with Crippen molar-refractivity contribution in [3.05, 3.63) is 58.1 Å². The third-order valence-electron chi connectivity index (χ3n) is 5.85. The molecule has 0 radical (unpaired) electrons. The molecule has 1 N–H and O–H groups in total. The van der Waals surface area contributed by atoms with Crippen molar-refractivity contribution in [2.24, 2.45) is 5.92 Å². The molecule has 0 fully saturated rings. The molecule has 1 unspecified atom stereocenters. The summed E-state index contributed by atoms with van der Waals surface area (Å²) in [6, 6.07) is 10.3. The van der Waals surface area contributed by atoms with Crippen LogP contribution in [0, 0.1) is 33.6 Å². The van der Waals surface area contributed by atoms with Crippen molar-refractivity contribution in [2.75, 3.05) is 18.0 Å². The first kappa shape index (κ1) is 21.8. The number of rotatable bonds is 6. The standard InChI is InChI=1S/C24H34N2O2S/c1-16(2)22(15-26-11-7-8-21-14-17(3)9-10-23(21)26)25-29(27,28)24-19(5)12-18(4)13-20(24)6/h9-10,12-14,16,22,25H,7-8,11,15H2,1-6H3. The lowest BCUT2D eigenvalue weighted by Gasteiger charge is -2.36. The Morgan fingerprint density at radius 2 is 1.66 bits per heavy atom. The normalized spacial score (nSPS) is 15.5. The van der Waals surface area contributed by atoms with Crippen LogP contribution < -0.4 is 9.62 Å². The molecule has 1 atom stereocenters. The van der Waals surface area contributed by atoms with E-state index in [1.807, 2.05) is 32.9 Å². The zero-order chi connectivity index (χ0) is 21.3. The Morgan fingerprint density at radius 3 is 2.28 bits per heavy atom. The number of aryl methyl sites for hydroxylation is 5. The van der Waals surface area contributed by atoms with E-state index in [0.717, 1.165) is 36.1 Å². The molecule has 5 heteroatoms. The van der Waals surface area contributed by atoms with Gasteiger partial charge in [-0.05, 0) is 69.2 Å². The van der Waals surface area contributed by atoms with Crippen LogP contribution in [0.2, 0.25) is 0 Å². The Bertz CT molecular complexity index is 973. The maximum absolute atomic E-state index is 13.3. The topological polar surface area (TPSA) is 49.4 Å². The number of benzene rings is 2. The Kier molecular flexibility index (Phi) is 6.39. The maximum Gasteiger partial charge on any atom is 0.241 e. The Morgan fingerprint density at radius 1 is 1.00 bits per heavy atom. The van der Waals surface area contributed by atoms with E-state index in [9.17, 15) is 8.42 Å². The van der Waals surface area contributed by atoms with Crippen LogP contribution in [-0.2, 0) is 16.4 Å². The molecule has 3 rings (SSSR count). The first-order valence-corrected chi connectivity index (χ1v) is 12.0. The number of nitrogens with zero attached hydrogens (tertiary/aromatic N) is 1. The molecule has 29 heavy (non-hydrogen) atoms. The summed E-state index contributed by atoms with van der Waals surface area (Å²) in [4.78, 5) is 2.77. The fourth-order valence-corrected chi connectivity index (χ4v) is 6.29. The van der Waals surface area contributed by atoms with E-state index >= 15 is 0 Å². The van der Waals surface area contributed by atoms with Gasteiger partial charge in [0.2, 0.25) is 10.0 Å². The highest BCUT2D eigenvalue weighted by atomic mass is 32.2. The third-order valence-corrected chi connectivity index (χ3v) is 7.65. The summed E-state index contributed by atoms with van der Waals surface area (Å²) < 4.78 is 29.6. The van der Waals surface area contributed by atoms with Crippen LogP contribution >= 0.6 is 0 Å². The van der Waals surface area contributed by atoms with Crippen LogP contribution in [0.25, 0.3) is 0 Å². The van der Waals surface area contributed by atoms with Crippen LogP contribution in [0.3, 0.4) is 0 Å². The van der Waals surface area contributed by atoms with E-state index < -0.39 is 10.0 Å². The van der Waals surface area contributed by atoms with Gasteiger partial charge in [0.05, 0.1) is 4.90 Å². The van der Waals surface area contributed by atoms with Gasteiger partial charge in [0.1, 0.15) is 0 Å². The summed E-state index contributed by atoms with van der Waals surface area (Å²) in [5.41, 5.74) is 6.57. The van der Waals surface area contributed by atoms with Crippen molar-refractivity contribution < 1.29 is 8.42 Å². The zero-order valence-electron chi connectivity index (χ0n) is 18.5. The average Bonchev–Trinajstić information content (AvgIpc) is 2.59. The number of fused-ring (bicyclic) bond motifs is 1. The van der Waals surface area contributed by atoms with E-state index in [4.69, 9.17) is 0 Å². The van der Waals surface area contributed by atoms with Crippen molar-refractivity contribution in [1.29, 1.82) is 0 Å². The van der Waals surface area contributed by atoms with E-state index in [1.165, 1.54) is 16.8 Å². The molecule has 2 aromatic rings. The second-order valence-corrected chi connectivity index (χ2v) is 10.5. The Hall–Kier alpha value is -1.85. The summed E-state index contributed by atoms with van der Waals surface area (Å²) in [6.07, 6.45) is 2.19. The lowest BCUT2D eigenvalue weighted by molar-refractivity contribution is 0.439. The van der Waals surface area contributed by atoms with Crippen molar-refractivity contribution in [1.82, 2.24) is 4.72 Å². The van der Waals surface area contributed by atoms with Gasteiger partial charge in [-0.3, -0.25) is 0 Å². The Balaban J connectivity index is 1.87. The molecular formula is C24H34N2O2S. The largest absolute Gasteiger partial charge is 0.370 e. The fraction of sp³-hybridized carbons (Fsp3) is 0.500. The monoisotopic (exact) mass is 414 g/mol. The van der Waals surface area contributed by atoms with Gasteiger partial charge >= 0.3 is 0 Å². The van der Waals surface area contributed by atoms with Crippen LogP contribution in [-0.4, -0.2) is 27.5 Å². The Labute approximate surface area is 176 Å². The molecule has 0 aliphatic carbocycles. The molecule has 1 heterocycles. The summed E-state index contributed by atoms with van der Waals surface area (Å²) in [6.45, 7) is 13.7. The van der Waals surface area contributed by atoms with Crippen molar-refractivity contribution in [3.8, 4) is 0 Å². The van der Waals surface area contributed by atoms with Gasteiger partial charge in [-0.25, -0.2) is 13.1 Å². The zero-order valence-corrected chi connectivity index (χ0v) is 19.4. The molecule has 0 bridgehead atoms. The van der Waals surface area contributed by atoms with E-state index in [0.29, 0.717) is 11.4 Å². The van der Waals surface area contributed by atoms with Crippen molar-refractivity contribution in [2.45, 2.75) is 65.3 Å². The second kappa shape index (κ2) is 8.49. The van der Waals surface area contributed by atoms with Crippen molar-refractivity contribution >= 4 is 15.7 Å². The molecule has 0 saturated carbocycles. The fourth-order valence-electron chi connectivity index (χ4n) is 4.46. The minimum absolute atomic E-state index is 0.160. The molecule has 0 spiro atoms. The highest BCUT2D eigenvalue weighted by Gasteiger charge is 2.28. The SMILES string of the molecule is Cc1cc(C)c(S(=O)(=O)NC(CN2CCCc3cc(C)ccc32)C(C)C)c(C)c1. The van der Waals surface area contributed by atoms with Gasteiger partial charge in [0.25, 0.3) is 0 Å². The summed E-state index contributed by atoms with van der Waals surface area (Å²) in [7, 11) is -3.59. The molecule has 2 aromatic carbocycles. The average molecular weight is 415 g/mol. The van der Waals surface area contributed by atoms with Gasteiger partial charge < -0.3 is 4.90 Å². The van der Waals surface area contributed by atoms with Gasteiger partial charge in [-0.2, -0.15) is 0 Å². The second-order valence-electron chi connectivity index (χ2n) is 8.88. The molecule has 0 saturated heterocycles. The molecule has 1 aliphatic rings. The molecule has 0 amide bonds. The number of hydrogen-bond acceptors (Lipinski definition) is 3. The van der Waals surface area contributed by atoms with E-state index in [-0.39, 0.29) is 12.0 Å². The lowest BCUT2D eigenvalue weighted by atomic mass is 9.97. The molecule has 0 aromatic heterocycles. The summed E-state index contributed by atoms with van der Waals surface area (Å²) >= 11 is 0. The van der Waals surface area contributed by atoms with Crippen LogP contribution in [0.15, 0.2) is 35.2 Å². The number of sulfonamides is 1. The molecule has 1 aliphatic heterocycles. The van der Waals surface area contributed by atoms with Crippen LogP contribution in [0.5, 0.6) is 0 Å². The van der Waals surface area contributed by atoms with Gasteiger partial charge in [0.15, 0.2) is 0 Å².